The molecule has 31 heavy (non-hydrogen) atoms. The summed E-state index contributed by atoms with van der Waals surface area (Å²) in [6, 6.07) is 18.0. The largest absolute Gasteiger partial charge is 0.342 e. The van der Waals surface area contributed by atoms with Crippen LogP contribution in [-0.4, -0.2) is 48.3 Å². The summed E-state index contributed by atoms with van der Waals surface area (Å²) in [7, 11) is 1.72. The van der Waals surface area contributed by atoms with Crippen molar-refractivity contribution in [3.63, 3.8) is 0 Å². The molecule has 1 saturated heterocycles. The summed E-state index contributed by atoms with van der Waals surface area (Å²) in [5, 5.41) is 9.17. The molecule has 3 rings (SSSR count). The highest BCUT2D eigenvalue weighted by atomic mass is 16.1. The molecule has 2 aromatic carbocycles. The summed E-state index contributed by atoms with van der Waals surface area (Å²) in [6.07, 6.45) is 2.50. The highest BCUT2D eigenvalue weighted by molar-refractivity contribution is 5.98. The molecule has 0 radical (unpaired) electrons. The molecular formula is C25H29N5O. The number of guanidine groups is 1. The molecule has 1 fully saturated rings. The third-order valence-electron chi connectivity index (χ3n) is 5.64. The van der Waals surface area contributed by atoms with Gasteiger partial charge in [-0.3, -0.25) is 9.69 Å². The fraction of sp³-hybridized carbons (Fsp3) is 0.320. The van der Waals surface area contributed by atoms with Crippen LogP contribution in [0.15, 0.2) is 53.5 Å². The monoisotopic (exact) mass is 415 g/mol. The number of aliphatic imine (C=N–C) groups is 1. The van der Waals surface area contributed by atoms with Crippen LogP contribution in [0.1, 0.15) is 42.0 Å². The molecule has 0 aliphatic carbocycles. The number of nitrogens with two attached hydrogens (primary N) is 1. The van der Waals surface area contributed by atoms with Crippen molar-refractivity contribution in [3.8, 4) is 6.07 Å². The van der Waals surface area contributed by atoms with Gasteiger partial charge in [0.05, 0.1) is 17.3 Å². The summed E-state index contributed by atoms with van der Waals surface area (Å²) >= 11 is 0. The van der Waals surface area contributed by atoms with Crippen LogP contribution in [0.5, 0.6) is 0 Å². The standard InChI is InChI=1S/C25H29N5O/c1-18-4-8-21(9-5-18)19(2)24(22-10-6-20(16-26)7-11-22)28-25(29(3)17-31)30-14-12-23(27)13-15-30/h4-11,17,23H,12-15,27H2,1-3H3/b24-19+,28-25+. The maximum atomic E-state index is 11.7. The lowest BCUT2D eigenvalue weighted by Crippen LogP contribution is -2.48. The summed E-state index contributed by atoms with van der Waals surface area (Å²) in [4.78, 5) is 20.3. The second-order valence-electron chi connectivity index (χ2n) is 7.98. The van der Waals surface area contributed by atoms with Crippen LogP contribution in [0, 0.1) is 18.3 Å². The lowest BCUT2D eigenvalue weighted by Gasteiger charge is -2.34. The van der Waals surface area contributed by atoms with Crippen molar-refractivity contribution >= 4 is 23.6 Å². The highest BCUT2D eigenvalue weighted by Crippen LogP contribution is 2.29. The Bertz CT molecular complexity index is 1010. The van der Waals surface area contributed by atoms with Gasteiger partial charge in [-0.2, -0.15) is 5.26 Å². The van der Waals surface area contributed by atoms with Crippen molar-refractivity contribution < 1.29 is 4.79 Å². The minimum atomic E-state index is 0.182. The molecule has 6 nitrogen and oxygen atoms in total. The van der Waals surface area contributed by atoms with E-state index in [1.165, 1.54) is 10.5 Å². The molecule has 1 aliphatic heterocycles. The van der Waals surface area contributed by atoms with Crippen LogP contribution in [0.3, 0.4) is 0 Å². The molecule has 1 aliphatic rings. The number of nitrogens with zero attached hydrogens (tertiary/aromatic N) is 4. The van der Waals surface area contributed by atoms with E-state index >= 15 is 0 Å². The number of hydrogen-bond donors (Lipinski definition) is 1. The Balaban J connectivity index is 2.15. The fourth-order valence-corrected chi connectivity index (χ4v) is 3.63. The number of hydrogen-bond acceptors (Lipinski definition) is 4. The van der Waals surface area contributed by atoms with Gasteiger partial charge in [-0.25, -0.2) is 4.99 Å². The zero-order chi connectivity index (χ0) is 22.4. The molecule has 2 N–H and O–H groups in total. The Morgan fingerprint density at radius 3 is 2.26 bits per heavy atom. The van der Waals surface area contributed by atoms with Crippen LogP contribution in [-0.2, 0) is 4.79 Å². The third-order valence-corrected chi connectivity index (χ3v) is 5.64. The van der Waals surface area contributed by atoms with Gasteiger partial charge in [0.15, 0.2) is 0 Å². The van der Waals surface area contributed by atoms with E-state index in [-0.39, 0.29) is 6.04 Å². The smallest absolute Gasteiger partial charge is 0.216 e. The number of piperidine rings is 1. The topological polar surface area (TPSA) is 85.7 Å². The first-order chi connectivity index (χ1) is 14.9. The maximum Gasteiger partial charge on any atom is 0.216 e. The molecule has 0 saturated carbocycles. The number of allylic oxidation sites excluding steroid dienone is 1. The first-order valence-corrected chi connectivity index (χ1v) is 10.5. The van der Waals surface area contributed by atoms with Crippen LogP contribution >= 0.6 is 0 Å². The van der Waals surface area contributed by atoms with Gasteiger partial charge in [-0.05, 0) is 50.0 Å². The van der Waals surface area contributed by atoms with Crippen molar-refractivity contribution in [2.75, 3.05) is 20.1 Å². The van der Waals surface area contributed by atoms with Crippen LogP contribution < -0.4 is 5.73 Å². The van der Waals surface area contributed by atoms with Gasteiger partial charge in [-0.1, -0.05) is 42.0 Å². The molecule has 0 atom stereocenters. The molecule has 0 unspecified atom stereocenters. The van der Waals surface area contributed by atoms with Gasteiger partial charge in [0.25, 0.3) is 0 Å². The van der Waals surface area contributed by atoms with Crippen molar-refractivity contribution in [2.24, 2.45) is 10.7 Å². The van der Waals surface area contributed by atoms with Gasteiger partial charge in [-0.15, -0.1) is 0 Å². The molecule has 160 valence electrons. The van der Waals surface area contributed by atoms with E-state index in [0.29, 0.717) is 11.5 Å². The highest BCUT2D eigenvalue weighted by Gasteiger charge is 2.23. The minimum absolute atomic E-state index is 0.182. The molecule has 2 aromatic rings. The van der Waals surface area contributed by atoms with Gasteiger partial charge in [0.1, 0.15) is 0 Å². The van der Waals surface area contributed by atoms with E-state index in [9.17, 15) is 4.79 Å². The van der Waals surface area contributed by atoms with Crippen molar-refractivity contribution in [2.45, 2.75) is 32.7 Å². The Morgan fingerprint density at radius 1 is 1.13 bits per heavy atom. The second-order valence-corrected chi connectivity index (χ2v) is 7.98. The van der Waals surface area contributed by atoms with Crippen molar-refractivity contribution in [1.82, 2.24) is 9.80 Å². The summed E-state index contributed by atoms with van der Waals surface area (Å²) in [6.45, 7) is 5.60. The molecular weight excluding hydrogens is 386 g/mol. The summed E-state index contributed by atoms with van der Waals surface area (Å²) < 4.78 is 0. The average molecular weight is 416 g/mol. The van der Waals surface area contributed by atoms with Gasteiger partial charge >= 0.3 is 0 Å². The van der Waals surface area contributed by atoms with Gasteiger partial charge < -0.3 is 10.6 Å². The van der Waals surface area contributed by atoms with Crippen LogP contribution in [0.4, 0.5) is 0 Å². The Kier molecular flexibility index (Phi) is 7.22. The molecule has 6 heteroatoms. The number of aryl methyl sites for hydroxylation is 1. The van der Waals surface area contributed by atoms with E-state index < -0.39 is 0 Å². The van der Waals surface area contributed by atoms with E-state index in [2.05, 4.69) is 42.2 Å². The van der Waals surface area contributed by atoms with Gasteiger partial charge in [0.2, 0.25) is 12.4 Å². The number of likely N-dealkylation sites (tertiary alicyclic amines) is 1. The quantitative estimate of drug-likeness (QED) is 0.358. The zero-order valence-corrected chi connectivity index (χ0v) is 18.4. The predicted molar refractivity (Wildman–Crippen MR) is 125 cm³/mol. The lowest BCUT2D eigenvalue weighted by atomic mass is 9.99. The number of nitriles is 1. The van der Waals surface area contributed by atoms with Crippen molar-refractivity contribution in [3.05, 3.63) is 70.8 Å². The Labute approximate surface area is 184 Å². The number of carbonyl (C=O) groups is 1. The molecule has 0 bridgehead atoms. The number of benzene rings is 2. The molecule has 1 heterocycles. The molecule has 1 amide bonds. The SMILES string of the molecule is C/C(=C(\N=C(/N(C)C=O)N1CCC(N)CC1)c1ccc(C#N)cc1)c1ccc(C)cc1. The first kappa shape index (κ1) is 22.3. The maximum absolute atomic E-state index is 11.7. The lowest BCUT2D eigenvalue weighted by molar-refractivity contribution is -0.114. The first-order valence-electron chi connectivity index (χ1n) is 10.5. The second kappa shape index (κ2) is 10.1. The van der Waals surface area contributed by atoms with E-state index in [0.717, 1.165) is 54.7 Å². The normalized spacial score (nSPS) is 15.8. The van der Waals surface area contributed by atoms with Gasteiger partial charge in [0, 0.05) is 31.7 Å². The summed E-state index contributed by atoms with van der Waals surface area (Å²) in [5.74, 6) is 0.604. The molecule has 0 aromatic heterocycles. The van der Waals surface area contributed by atoms with E-state index in [1.807, 2.05) is 19.1 Å². The number of amides is 1. The average Bonchev–Trinajstić information content (AvgIpc) is 2.80. The van der Waals surface area contributed by atoms with E-state index in [4.69, 9.17) is 16.0 Å². The van der Waals surface area contributed by atoms with Crippen LogP contribution in [0.25, 0.3) is 11.3 Å². The van der Waals surface area contributed by atoms with Crippen molar-refractivity contribution in [1.29, 1.82) is 5.26 Å². The minimum Gasteiger partial charge on any atom is -0.342 e. The number of carbonyl (C=O) groups excluding carboxylic acids is 1. The molecule has 0 spiro atoms. The summed E-state index contributed by atoms with van der Waals surface area (Å²) in [5.41, 5.74) is 11.6. The zero-order valence-electron chi connectivity index (χ0n) is 18.4. The third kappa shape index (κ3) is 5.39. The van der Waals surface area contributed by atoms with E-state index in [1.54, 1.807) is 19.2 Å². The fourth-order valence-electron chi connectivity index (χ4n) is 3.63. The predicted octanol–water partition coefficient (Wildman–Crippen LogP) is 3.62. The Hall–Kier alpha value is -3.43. The number of rotatable bonds is 4. The van der Waals surface area contributed by atoms with Crippen LogP contribution in [0.2, 0.25) is 0 Å². The Morgan fingerprint density at radius 2 is 1.71 bits per heavy atom.